The lowest BCUT2D eigenvalue weighted by Crippen LogP contribution is -2.14. The number of hydrogen-bond acceptors (Lipinski definition) is 6. The molecular formula is C22H21N7OS2. The predicted octanol–water partition coefficient (Wildman–Crippen LogP) is 4.49. The van der Waals surface area contributed by atoms with E-state index in [0.29, 0.717) is 28.0 Å². The highest BCUT2D eigenvalue weighted by atomic mass is 32.1. The van der Waals surface area contributed by atoms with Crippen LogP contribution in [0.5, 0.6) is 0 Å². The van der Waals surface area contributed by atoms with Gasteiger partial charge in [-0.15, -0.1) is 6.58 Å². The van der Waals surface area contributed by atoms with Crippen LogP contribution in [0.4, 0.5) is 5.13 Å². The number of anilines is 1. The molecule has 0 spiro atoms. The third kappa shape index (κ3) is 3.51. The number of hydrogen-bond donors (Lipinski definition) is 2. The van der Waals surface area contributed by atoms with Crippen molar-refractivity contribution in [3.63, 3.8) is 0 Å². The largest absolute Gasteiger partial charge is 0.296 e. The molecule has 0 saturated carbocycles. The maximum Gasteiger partial charge on any atom is 0.278 e. The van der Waals surface area contributed by atoms with Crippen LogP contribution in [0.15, 0.2) is 43.0 Å². The lowest BCUT2D eigenvalue weighted by molar-refractivity contribution is 0.102. The van der Waals surface area contributed by atoms with Crippen molar-refractivity contribution in [2.24, 2.45) is 0 Å². The van der Waals surface area contributed by atoms with Crippen molar-refractivity contribution in [2.75, 3.05) is 5.32 Å². The molecule has 3 heterocycles. The summed E-state index contributed by atoms with van der Waals surface area (Å²) in [5, 5.41) is 15.3. The quantitative estimate of drug-likeness (QED) is 0.325. The number of rotatable bonds is 6. The predicted molar refractivity (Wildman–Crippen MR) is 127 cm³/mol. The molecule has 0 saturated heterocycles. The third-order valence-corrected chi connectivity index (χ3v) is 6.82. The van der Waals surface area contributed by atoms with Gasteiger partial charge >= 0.3 is 0 Å². The Morgan fingerprint density at radius 2 is 2.16 bits per heavy atom. The van der Waals surface area contributed by atoms with Crippen molar-refractivity contribution >= 4 is 34.6 Å². The van der Waals surface area contributed by atoms with Crippen LogP contribution in [-0.4, -0.2) is 35.4 Å². The number of aromatic amines is 1. The highest BCUT2D eigenvalue weighted by molar-refractivity contribution is 7.71. The molecule has 0 atom stereocenters. The maximum atomic E-state index is 13.2. The van der Waals surface area contributed by atoms with Crippen LogP contribution in [-0.2, 0) is 19.4 Å². The van der Waals surface area contributed by atoms with E-state index in [2.05, 4.69) is 32.2 Å². The van der Waals surface area contributed by atoms with Crippen molar-refractivity contribution in [1.82, 2.24) is 29.5 Å². The zero-order valence-electron chi connectivity index (χ0n) is 17.5. The van der Waals surface area contributed by atoms with Crippen LogP contribution in [0.1, 0.15) is 33.9 Å². The number of allylic oxidation sites excluding steroid dienone is 1. The van der Waals surface area contributed by atoms with Gasteiger partial charge in [0.05, 0.1) is 16.3 Å². The Morgan fingerprint density at radius 3 is 2.94 bits per heavy atom. The second-order valence-corrected chi connectivity index (χ2v) is 8.90. The average Bonchev–Trinajstić information content (AvgIpc) is 3.54. The fraction of sp³-hybridized carbons (Fsp3) is 0.227. The van der Waals surface area contributed by atoms with E-state index in [-0.39, 0.29) is 5.91 Å². The Balaban J connectivity index is 1.46. The van der Waals surface area contributed by atoms with Crippen molar-refractivity contribution in [1.29, 1.82) is 0 Å². The first kappa shape index (κ1) is 20.5. The third-order valence-electron chi connectivity index (χ3n) is 5.44. The molecule has 0 fully saturated rings. The molecule has 10 heteroatoms. The number of nitrogens with zero attached hydrogens (tertiary/aromatic N) is 5. The smallest absolute Gasteiger partial charge is 0.278 e. The molecule has 0 radical (unpaired) electrons. The Bertz CT molecular complexity index is 1380. The summed E-state index contributed by atoms with van der Waals surface area (Å²) < 4.78 is 4.26. The number of benzene rings is 1. The van der Waals surface area contributed by atoms with E-state index >= 15 is 0 Å². The Labute approximate surface area is 193 Å². The molecule has 3 aromatic heterocycles. The first-order valence-corrected chi connectivity index (χ1v) is 11.5. The van der Waals surface area contributed by atoms with Crippen molar-refractivity contribution in [3.8, 4) is 16.4 Å². The Hall–Kier alpha value is -3.37. The summed E-state index contributed by atoms with van der Waals surface area (Å²) in [5.41, 5.74) is 4.32. The summed E-state index contributed by atoms with van der Waals surface area (Å²) in [6.07, 6.45) is 4.55. The van der Waals surface area contributed by atoms with Gasteiger partial charge in [-0.3, -0.25) is 19.8 Å². The fourth-order valence-corrected chi connectivity index (χ4v) is 5.17. The van der Waals surface area contributed by atoms with Crippen molar-refractivity contribution in [3.05, 3.63) is 70.4 Å². The molecule has 32 heavy (non-hydrogen) atoms. The lowest BCUT2D eigenvalue weighted by Gasteiger charge is -2.04. The number of amides is 1. The minimum absolute atomic E-state index is 0.247. The van der Waals surface area contributed by atoms with Gasteiger partial charge in [-0.05, 0) is 50.5 Å². The molecule has 1 aliphatic rings. The van der Waals surface area contributed by atoms with E-state index in [4.69, 9.17) is 12.2 Å². The van der Waals surface area contributed by atoms with E-state index in [1.807, 2.05) is 46.5 Å². The van der Waals surface area contributed by atoms with Gasteiger partial charge in [0.15, 0.2) is 21.4 Å². The number of H-pyrrole nitrogens is 1. The molecular weight excluding hydrogens is 442 g/mol. The Kier molecular flexibility index (Phi) is 5.32. The summed E-state index contributed by atoms with van der Waals surface area (Å²) >= 11 is 6.68. The van der Waals surface area contributed by atoms with E-state index in [9.17, 15) is 4.79 Å². The number of nitrogens with one attached hydrogen (secondary N) is 2. The molecule has 1 aliphatic carbocycles. The van der Waals surface area contributed by atoms with Gasteiger partial charge in [-0.2, -0.15) is 10.2 Å². The molecule has 5 rings (SSSR count). The van der Waals surface area contributed by atoms with E-state index in [0.717, 1.165) is 46.8 Å². The minimum Gasteiger partial charge on any atom is -0.296 e. The van der Waals surface area contributed by atoms with Gasteiger partial charge in [-0.1, -0.05) is 35.6 Å². The van der Waals surface area contributed by atoms with Gasteiger partial charge < -0.3 is 0 Å². The number of aryl methyl sites for hydroxylation is 1. The summed E-state index contributed by atoms with van der Waals surface area (Å²) in [4.78, 5) is 18.6. The van der Waals surface area contributed by atoms with Crippen LogP contribution in [0.2, 0.25) is 0 Å². The van der Waals surface area contributed by atoms with Crippen molar-refractivity contribution in [2.45, 2.75) is 32.7 Å². The highest BCUT2D eigenvalue weighted by Crippen LogP contribution is 2.33. The number of para-hydroxylation sites is 1. The van der Waals surface area contributed by atoms with Gasteiger partial charge in [-0.25, -0.2) is 9.67 Å². The molecule has 8 nitrogen and oxygen atoms in total. The average molecular weight is 464 g/mol. The molecule has 0 bridgehead atoms. The van der Waals surface area contributed by atoms with Gasteiger partial charge in [0.1, 0.15) is 0 Å². The van der Waals surface area contributed by atoms with E-state index in [1.165, 1.54) is 11.3 Å². The molecule has 0 unspecified atom stereocenters. The van der Waals surface area contributed by atoms with Crippen LogP contribution < -0.4 is 5.32 Å². The molecule has 4 aromatic rings. The number of thiazole rings is 1. The molecule has 0 aliphatic heterocycles. The van der Waals surface area contributed by atoms with Gasteiger partial charge in [0.25, 0.3) is 5.91 Å². The zero-order chi connectivity index (χ0) is 22.2. The van der Waals surface area contributed by atoms with Crippen molar-refractivity contribution < 1.29 is 4.79 Å². The number of aromatic nitrogens is 6. The Morgan fingerprint density at radius 1 is 1.34 bits per heavy atom. The monoisotopic (exact) mass is 463 g/mol. The topological polar surface area (TPSA) is 93.4 Å². The highest BCUT2D eigenvalue weighted by Gasteiger charge is 2.28. The molecule has 2 N–H and O–H groups in total. The second-order valence-electron chi connectivity index (χ2n) is 7.51. The van der Waals surface area contributed by atoms with Crippen LogP contribution in [0, 0.1) is 11.7 Å². The van der Waals surface area contributed by atoms with Gasteiger partial charge in [0.2, 0.25) is 0 Å². The number of carbonyl (C=O) groups excluding carboxylic acids is 1. The maximum absolute atomic E-state index is 13.2. The van der Waals surface area contributed by atoms with E-state index in [1.54, 1.807) is 6.08 Å². The first-order valence-electron chi connectivity index (χ1n) is 10.3. The van der Waals surface area contributed by atoms with Crippen LogP contribution in [0.25, 0.3) is 16.4 Å². The number of carbonyl (C=O) groups is 1. The number of fused-ring (bicyclic) bond motifs is 1. The standard InChI is InChI=1S/C22H21N7OS2/c1-3-12-28-19(25-26-22(28)31)18-13(2)23-21(32-18)24-20(30)17-15-10-7-11-16(15)29(27-17)14-8-5-4-6-9-14/h3-6,8-9H,1,7,10-12H2,2H3,(H,26,31)(H,23,24,30). The normalized spacial score (nSPS) is 12.7. The molecule has 162 valence electrons. The van der Waals surface area contributed by atoms with Crippen LogP contribution >= 0.6 is 23.6 Å². The lowest BCUT2D eigenvalue weighted by atomic mass is 10.2. The summed E-state index contributed by atoms with van der Waals surface area (Å²) in [6.45, 7) is 6.20. The molecule has 1 aromatic carbocycles. The SMILES string of the molecule is C=CCn1c(-c2sc(NC(=O)c3nn(-c4ccccc4)c4c3CCC4)nc2C)n[nH]c1=S. The summed E-state index contributed by atoms with van der Waals surface area (Å²) in [7, 11) is 0. The molecule has 1 amide bonds. The minimum atomic E-state index is -0.247. The summed E-state index contributed by atoms with van der Waals surface area (Å²) in [6, 6.07) is 9.91. The van der Waals surface area contributed by atoms with Gasteiger partial charge in [0, 0.05) is 17.8 Å². The zero-order valence-corrected chi connectivity index (χ0v) is 19.1. The fourth-order valence-electron chi connectivity index (χ4n) is 4.01. The first-order chi connectivity index (χ1) is 15.6. The van der Waals surface area contributed by atoms with E-state index < -0.39 is 0 Å². The summed E-state index contributed by atoms with van der Waals surface area (Å²) in [5.74, 6) is 0.433. The second kappa shape index (κ2) is 8.29. The van der Waals surface area contributed by atoms with Crippen LogP contribution in [0.3, 0.4) is 0 Å².